The number of rotatable bonds is 6. The van der Waals surface area contributed by atoms with Crippen molar-refractivity contribution >= 4 is 17.0 Å². The highest BCUT2D eigenvalue weighted by Gasteiger charge is 2.25. The third kappa shape index (κ3) is 3.15. The molecule has 0 unspecified atom stereocenters. The summed E-state index contributed by atoms with van der Waals surface area (Å²) < 4.78 is 9.49. The van der Waals surface area contributed by atoms with Crippen LogP contribution >= 0.6 is 0 Å². The number of anilines is 1. The maximum atomic E-state index is 10.5. The largest absolute Gasteiger partial charge is 0.466 e. The fraction of sp³-hybridized carbons (Fsp3) is 0.421. The number of hydrogen-bond acceptors (Lipinski definition) is 3. The minimum absolute atomic E-state index is 0.378. The molecule has 1 aliphatic heterocycles. The SMILES string of the molecule is Nc1n(CC[NH+]2CCCC2)c2ccccc2[n+]1C[C@H](O)c1ccco1. The van der Waals surface area contributed by atoms with Crippen LogP contribution in [0.2, 0.25) is 0 Å². The van der Waals surface area contributed by atoms with Crippen LogP contribution in [-0.2, 0) is 13.1 Å². The second-order valence-corrected chi connectivity index (χ2v) is 6.85. The number of aromatic nitrogens is 2. The zero-order valence-electron chi connectivity index (χ0n) is 14.4. The van der Waals surface area contributed by atoms with Crippen molar-refractivity contribution in [3.8, 4) is 0 Å². The Balaban J connectivity index is 1.63. The minimum atomic E-state index is -0.717. The fourth-order valence-corrected chi connectivity index (χ4v) is 3.88. The quantitative estimate of drug-likeness (QED) is 0.572. The van der Waals surface area contributed by atoms with Gasteiger partial charge in [0.1, 0.15) is 42.5 Å². The third-order valence-corrected chi connectivity index (χ3v) is 5.24. The number of furan rings is 1. The first-order chi connectivity index (χ1) is 12.2. The predicted molar refractivity (Wildman–Crippen MR) is 95.0 cm³/mol. The Morgan fingerprint density at radius 3 is 2.76 bits per heavy atom. The summed E-state index contributed by atoms with van der Waals surface area (Å²) in [7, 11) is 0. The van der Waals surface area contributed by atoms with Gasteiger partial charge in [-0.1, -0.05) is 12.1 Å². The highest BCUT2D eigenvalue weighted by molar-refractivity contribution is 5.73. The van der Waals surface area contributed by atoms with Gasteiger partial charge in [-0.05, 0) is 24.3 Å². The van der Waals surface area contributed by atoms with Crippen molar-refractivity contribution in [1.29, 1.82) is 0 Å². The number of imidazole rings is 1. The van der Waals surface area contributed by atoms with Crippen molar-refractivity contribution in [2.24, 2.45) is 0 Å². The number of para-hydroxylation sites is 2. The molecule has 25 heavy (non-hydrogen) atoms. The predicted octanol–water partition coefficient (Wildman–Crippen LogP) is 0.516. The summed E-state index contributed by atoms with van der Waals surface area (Å²) in [6.07, 6.45) is 3.51. The summed E-state index contributed by atoms with van der Waals surface area (Å²) in [4.78, 5) is 1.65. The minimum Gasteiger partial charge on any atom is -0.466 e. The second kappa shape index (κ2) is 6.90. The highest BCUT2D eigenvalue weighted by atomic mass is 16.4. The van der Waals surface area contributed by atoms with Crippen LogP contribution in [0.5, 0.6) is 0 Å². The van der Waals surface area contributed by atoms with Crippen LogP contribution in [0.4, 0.5) is 5.95 Å². The molecule has 0 spiro atoms. The maximum Gasteiger partial charge on any atom is 0.356 e. The topological polar surface area (TPSA) is 72.6 Å². The Labute approximate surface area is 147 Å². The van der Waals surface area contributed by atoms with Crippen LogP contribution in [-0.4, -0.2) is 29.3 Å². The molecule has 0 aliphatic carbocycles. The Hall–Kier alpha value is -2.31. The number of aliphatic hydroxyl groups excluding tert-OH is 1. The summed E-state index contributed by atoms with van der Waals surface area (Å²) in [5, 5.41) is 10.5. The average Bonchev–Trinajstić information content (AvgIpc) is 3.36. The van der Waals surface area contributed by atoms with Gasteiger partial charge in [0.05, 0.1) is 19.4 Å². The zero-order valence-corrected chi connectivity index (χ0v) is 14.4. The number of nitrogens with zero attached hydrogens (tertiary/aromatic N) is 2. The van der Waals surface area contributed by atoms with E-state index in [1.807, 2.05) is 16.7 Å². The van der Waals surface area contributed by atoms with E-state index in [0.717, 1.165) is 24.1 Å². The molecule has 1 fully saturated rings. The Kier molecular flexibility index (Phi) is 4.46. The molecule has 1 saturated heterocycles. The summed E-state index contributed by atoms with van der Waals surface area (Å²) in [5.74, 6) is 1.25. The van der Waals surface area contributed by atoms with Gasteiger partial charge in [-0.2, -0.15) is 0 Å². The van der Waals surface area contributed by atoms with E-state index in [2.05, 4.69) is 16.7 Å². The molecule has 6 nitrogen and oxygen atoms in total. The molecule has 4 rings (SSSR count). The van der Waals surface area contributed by atoms with Crippen molar-refractivity contribution in [3.05, 3.63) is 48.4 Å². The van der Waals surface area contributed by atoms with Crippen molar-refractivity contribution in [2.75, 3.05) is 25.4 Å². The van der Waals surface area contributed by atoms with Gasteiger partial charge in [0.25, 0.3) is 0 Å². The smallest absolute Gasteiger partial charge is 0.356 e. The maximum absolute atomic E-state index is 10.5. The number of nitrogen functional groups attached to an aromatic ring is 1. The van der Waals surface area contributed by atoms with E-state index in [1.54, 1.807) is 23.3 Å². The van der Waals surface area contributed by atoms with Gasteiger partial charge in [0.15, 0.2) is 0 Å². The second-order valence-electron chi connectivity index (χ2n) is 6.85. The normalized spacial score (nSPS) is 16.7. The molecule has 4 N–H and O–H groups in total. The lowest BCUT2D eigenvalue weighted by atomic mass is 10.2. The number of fused-ring (bicyclic) bond motifs is 1. The highest BCUT2D eigenvalue weighted by Crippen LogP contribution is 2.19. The molecule has 0 amide bonds. The van der Waals surface area contributed by atoms with Crippen LogP contribution in [0.25, 0.3) is 11.0 Å². The van der Waals surface area contributed by atoms with Crippen molar-refractivity contribution in [3.63, 3.8) is 0 Å². The van der Waals surface area contributed by atoms with Gasteiger partial charge in [0.2, 0.25) is 0 Å². The first-order valence-electron chi connectivity index (χ1n) is 9.05. The Bertz CT molecular complexity index is 835. The number of likely N-dealkylation sites (tertiary alicyclic amines) is 1. The molecular formula is C19H26N4O2+2. The van der Waals surface area contributed by atoms with Crippen LogP contribution in [0.1, 0.15) is 24.7 Å². The first-order valence-corrected chi connectivity index (χ1v) is 9.05. The van der Waals surface area contributed by atoms with Gasteiger partial charge in [-0.3, -0.25) is 5.73 Å². The van der Waals surface area contributed by atoms with Gasteiger partial charge in [-0.25, -0.2) is 9.13 Å². The fourth-order valence-electron chi connectivity index (χ4n) is 3.88. The standard InChI is InChI=1S/C19H24N4O2/c20-19-22(12-11-21-9-3-4-10-21)15-6-1-2-7-16(15)23(19)14-17(24)18-8-5-13-25-18/h1-2,5-8,13,17,20,24H,3-4,9-12,14H2/p+2/t17-/m0/s1. The molecule has 1 atom stereocenters. The molecule has 0 radical (unpaired) electrons. The Morgan fingerprint density at radius 2 is 2.00 bits per heavy atom. The lowest BCUT2D eigenvalue weighted by Crippen LogP contribution is -3.10. The molecule has 6 heteroatoms. The van der Waals surface area contributed by atoms with Gasteiger partial charge in [-0.15, -0.1) is 0 Å². The number of benzene rings is 1. The number of aliphatic hydroxyl groups is 1. The zero-order chi connectivity index (χ0) is 17.2. The average molecular weight is 342 g/mol. The van der Waals surface area contributed by atoms with Crippen molar-refractivity contribution < 1.29 is 19.0 Å². The number of nitrogens with two attached hydrogens (primary N) is 1. The Morgan fingerprint density at radius 1 is 1.20 bits per heavy atom. The van der Waals surface area contributed by atoms with E-state index in [1.165, 1.54) is 25.9 Å². The summed E-state index contributed by atoms with van der Waals surface area (Å²) in [5.41, 5.74) is 8.64. The lowest BCUT2D eigenvalue weighted by molar-refractivity contribution is -0.888. The molecular weight excluding hydrogens is 316 g/mol. The van der Waals surface area contributed by atoms with Crippen LogP contribution < -0.4 is 15.2 Å². The number of quaternary nitrogens is 1. The van der Waals surface area contributed by atoms with E-state index in [0.29, 0.717) is 18.3 Å². The van der Waals surface area contributed by atoms with E-state index < -0.39 is 6.10 Å². The van der Waals surface area contributed by atoms with Crippen LogP contribution in [0.3, 0.4) is 0 Å². The van der Waals surface area contributed by atoms with Crippen LogP contribution in [0.15, 0.2) is 47.1 Å². The summed E-state index contributed by atoms with van der Waals surface area (Å²) >= 11 is 0. The third-order valence-electron chi connectivity index (χ3n) is 5.24. The molecule has 2 aromatic heterocycles. The van der Waals surface area contributed by atoms with E-state index in [-0.39, 0.29) is 0 Å². The van der Waals surface area contributed by atoms with Gasteiger partial charge < -0.3 is 14.4 Å². The number of nitrogens with one attached hydrogen (secondary N) is 1. The van der Waals surface area contributed by atoms with E-state index >= 15 is 0 Å². The molecule has 3 aromatic rings. The van der Waals surface area contributed by atoms with Crippen LogP contribution in [0, 0.1) is 0 Å². The number of hydrogen-bond donors (Lipinski definition) is 3. The van der Waals surface area contributed by atoms with E-state index in [4.69, 9.17) is 10.2 Å². The van der Waals surface area contributed by atoms with Gasteiger partial charge >= 0.3 is 5.95 Å². The van der Waals surface area contributed by atoms with E-state index in [9.17, 15) is 5.11 Å². The monoisotopic (exact) mass is 342 g/mol. The summed E-state index contributed by atoms with van der Waals surface area (Å²) in [6, 6.07) is 11.8. The van der Waals surface area contributed by atoms with Crippen molar-refractivity contribution in [1.82, 2.24) is 4.57 Å². The first kappa shape index (κ1) is 16.2. The molecule has 0 bridgehead atoms. The molecule has 0 saturated carbocycles. The van der Waals surface area contributed by atoms with Gasteiger partial charge in [0, 0.05) is 12.8 Å². The van der Waals surface area contributed by atoms with Crippen molar-refractivity contribution in [2.45, 2.75) is 32.0 Å². The molecule has 132 valence electrons. The lowest BCUT2D eigenvalue weighted by Gasteiger charge is -2.11. The summed E-state index contributed by atoms with van der Waals surface area (Å²) in [6.45, 7) is 4.88. The molecule has 1 aromatic carbocycles. The molecule has 1 aliphatic rings. The molecule has 3 heterocycles.